The second kappa shape index (κ2) is 12.6. The monoisotopic (exact) mass is 484 g/mol. The number of carbonyl (C=O) groups is 1. The maximum atomic E-state index is 13.0. The summed E-state index contributed by atoms with van der Waals surface area (Å²) >= 11 is 0. The van der Waals surface area contributed by atoms with E-state index in [0.717, 1.165) is 63.6 Å². The zero-order valence-electron chi connectivity index (χ0n) is 21.9. The number of hydrogen-bond donors (Lipinski definition) is 3. The number of ether oxygens (including phenoxy) is 1. The Kier molecular flexibility index (Phi) is 9.48. The van der Waals surface area contributed by atoms with Crippen LogP contribution in [0.2, 0.25) is 0 Å². The summed E-state index contributed by atoms with van der Waals surface area (Å²) in [6.45, 7) is 7.09. The third kappa shape index (κ3) is 6.39. The smallest absolute Gasteiger partial charge is 0.410 e. The molecular weight excluding hydrogens is 436 g/mol. The Morgan fingerprint density at radius 3 is 2.69 bits per heavy atom. The molecule has 0 heterocycles. The fraction of sp³-hybridized carbons (Fsp3) is 0.759. The van der Waals surface area contributed by atoms with Gasteiger partial charge < -0.3 is 26.4 Å². The van der Waals surface area contributed by atoms with Gasteiger partial charge in [-0.3, -0.25) is 0 Å². The number of hydrogen-bond acceptors (Lipinski definition) is 5. The van der Waals surface area contributed by atoms with E-state index in [0.29, 0.717) is 36.7 Å². The number of aryl methyl sites for hydroxylation is 1. The molecule has 0 saturated heterocycles. The Morgan fingerprint density at radius 2 is 1.86 bits per heavy atom. The zero-order valence-corrected chi connectivity index (χ0v) is 21.9. The highest BCUT2D eigenvalue weighted by atomic mass is 16.6. The minimum absolute atomic E-state index is 0.248. The van der Waals surface area contributed by atoms with Gasteiger partial charge in [0, 0.05) is 13.1 Å². The third-order valence-electron chi connectivity index (χ3n) is 9.16. The number of nitrogens with one attached hydrogen (secondary N) is 1. The molecule has 5 N–H and O–H groups in total. The summed E-state index contributed by atoms with van der Waals surface area (Å²) in [6, 6.07) is 6.45. The SMILES string of the molecule is CC12CCCC1C1CCc3cc(OC(=O)N(CCCN)CCCCNCCCN)ccc3C1CC2. The van der Waals surface area contributed by atoms with Crippen molar-refractivity contribution in [2.75, 3.05) is 39.3 Å². The Morgan fingerprint density at radius 1 is 1.06 bits per heavy atom. The number of amides is 1. The van der Waals surface area contributed by atoms with Gasteiger partial charge in [0.2, 0.25) is 0 Å². The third-order valence-corrected chi connectivity index (χ3v) is 9.16. The van der Waals surface area contributed by atoms with Crippen molar-refractivity contribution in [2.45, 2.75) is 83.5 Å². The van der Waals surface area contributed by atoms with E-state index in [9.17, 15) is 4.79 Å². The van der Waals surface area contributed by atoms with Crippen LogP contribution in [-0.4, -0.2) is 50.3 Å². The zero-order chi connectivity index (χ0) is 24.7. The second-order valence-electron chi connectivity index (χ2n) is 11.5. The van der Waals surface area contributed by atoms with Crippen LogP contribution in [-0.2, 0) is 6.42 Å². The lowest BCUT2D eigenvalue weighted by atomic mass is 9.56. The van der Waals surface area contributed by atoms with E-state index in [1.165, 1.54) is 49.7 Å². The van der Waals surface area contributed by atoms with E-state index in [1.807, 2.05) is 11.0 Å². The molecule has 196 valence electrons. The lowest BCUT2D eigenvalue weighted by Crippen LogP contribution is -2.39. The van der Waals surface area contributed by atoms with E-state index in [4.69, 9.17) is 16.2 Å². The molecule has 0 aromatic heterocycles. The summed E-state index contributed by atoms with van der Waals surface area (Å²) in [6.07, 6.45) is 12.9. The number of unbranched alkanes of at least 4 members (excludes halogenated alkanes) is 1. The van der Waals surface area contributed by atoms with Crippen molar-refractivity contribution in [2.24, 2.45) is 28.7 Å². The highest BCUT2D eigenvalue weighted by Gasteiger charge is 2.50. The fourth-order valence-corrected chi connectivity index (χ4v) is 7.26. The van der Waals surface area contributed by atoms with Crippen LogP contribution in [0.3, 0.4) is 0 Å². The predicted molar refractivity (Wildman–Crippen MR) is 143 cm³/mol. The van der Waals surface area contributed by atoms with E-state index in [-0.39, 0.29) is 6.09 Å². The van der Waals surface area contributed by atoms with Crippen LogP contribution in [0.25, 0.3) is 0 Å². The summed E-state index contributed by atoms with van der Waals surface area (Å²) in [5.41, 5.74) is 14.8. The molecule has 2 saturated carbocycles. The van der Waals surface area contributed by atoms with Gasteiger partial charge in [-0.1, -0.05) is 19.4 Å². The first kappa shape index (κ1) is 26.4. The number of fused-ring (bicyclic) bond motifs is 5. The molecule has 0 aliphatic heterocycles. The summed E-state index contributed by atoms with van der Waals surface area (Å²) in [4.78, 5) is 14.8. The van der Waals surface area contributed by atoms with Crippen LogP contribution >= 0.6 is 0 Å². The van der Waals surface area contributed by atoms with Gasteiger partial charge >= 0.3 is 6.09 Å². The van der Waals surface area contributed by atoms with Crippen molar-refractivity contribution in [3.05, 3.63) is 29.3 Å². The highest BCUT2D eigenvalue weighted by molar-refractivity contribution is 5.70. The molecule has 35 heavy (non-hydrogen) atoms. The van der Waals surface area contributed by atoms with E-state index >= 15 is 0 Å². The van der Waals surface area contributed by atoms with Crippen molar-refractivity contribution in [1.82, 2.24) is 10.2 Å². The average molecular weight is 485 g/mol. The molecule has 1 amide bonds. The first-order valence-corrected chi connectivity index (χ1v) is 14.3. The average Bonchev–Trinajstić information content (AvgIpc) is 3.26. The van der Waals surface area contributed by atoms with Gasteiger partial charge in [-0.05, 0) is 137 Å². The normalized spacial score (nSPS) is 27.1. The van der Waals surface area contributed by atoms with Gasteiger partial charge in [-0.25, -0.2) is 4.79 Å². The van der Waals surface area contributed by atoms with Crippen LogP contribution in [0.15, 0.2) is 18.2 Å². The number of benzene rings is 1. The highest BCUT2D eigenvalue weighted by Crippen LogP contribution is 2.60. The summed E-state index contributed by atoms with van der Waals surface area (Å²) in [5, 5.41) is 3.40. The van der Waals surface area contributed by atoms with Gasteiger partial charge in [0.1, 0.15) is 5.75 Å². The maximum Gasteiger partial charge on any atom is 0.415 e. The molecule has 6 heteroatoms. The summed E-state index contributed by atoms with van der Waals surface area (Å²) in [7, 11) is 0. The molecular formula is C29H48N4O2. The van der Waals surface area contributed by atoms with Crippen molar-refractivity contribution in [1.29, 1.82) is 0 Å². The van der Waals surface area contributed by atoms with Crippen LogP contribution in [0.5, 0.6) is 5.75 Å². The molecule has 4 unspecified atom stereocenters. The standard InChI is InChI=1S/C29H48N4O2/c1-29-13-4-7-27(29)26-10-8-22-21-23(9-11-24(22)25(26)12-14-29)35-28(34)33(20-6-16-31)19-3-2-17-32-18-5-15-30/h9,11,21,25-27,32H,2-8,10,12-20,30-31H2,1H3. The van der Waals surface area contributed by atoms with E-state index in [2.05, 4.69) is 24.4 Å². The molecule has 3 aliphatic rings. The second-order valence-corrected chi connectivity index (χ2v) is 11.5. The van der Waals surface area contributed by atoms with Crippen molar-refractivity contribution in [3.63, 3.8) is 0 Å². The van der Waals surface area contributed by atoms with Crippen molar-refractivity contribution >= 4 is 6.09 Å². The fourth-order valence-electron chi connectivity index (χ4n) is 7.26. The Balaban J connectivity index is 1.33. The van der Waals surface area contributed by atoms with Gasteiger partial charge in [-0.2, -0.15) is 0 Å². The first-order valence-electron chi connectivity index (χ1n) is 14.3. The Labute approximate surface area is 212 Å². The maximum absolute atomic E-state index is 13.0. The van der Waals surface area contributed by atoms with Gasteiger partial charge in [0.05, 0.1) is 0 Å². The summed E-state index contributed by atoms with van der Waals surface area (Å²) < 4.78 is 5.89. The summed E-state index contributed by atoms with van der Waals surface area (Å²) in [5.74, 6) is 3.13. The molecule has 2 fully saturated rings. The van der Waals surface area contributed by atoms with Crippen LogP contribution in [0.1, 0.15) is 88.2 Å². The van der Waals surface area contributed by atoms with Crippen LogP contribution < -0.4 is 21.5 Å². The lowest BCUT2D eigenvalue weighted by Gasteiger charge is -2.49. The number of carbonyl (C=O) groups excluding carboxylic acids is 1. The number of nitrogens with zero attached hydrogens (tertiary/aromatic N) is 1. The van der Waals surface area contributed by atoms with Crippen LogP contribution in [0, 0.1) is 17.3 Å². The minimum Gasteiger partial charge on any atom is -0.410 e. The molecule has 6 nitrogen and oxygen atoms in total. The molecule has 0 bridgehead atoms. The molecule has 0 spiro atoms. The van der Waals surface area contributed by atoms with Crippen LogP contribution in [0.4, 0.5) is 4.79 Å². The molecule has 0 radical (unpaired) electrons. The van der Waals surface area contributed by atoms with E-state index < -0.39 is 0 Å². The van der Waals surface area contributed by atoms with Crippen molar-refractivity contribution < 1.29 is 9.53 Å². The minimum atomic E-state index is -0.248. The molecule has 4 atom stereocenters. The van der Waals surface area contributed by atoms with Gasteiger partial charge in [-0.15, -0.1) is 0 Å². The molecule has 1 aromatic carbocycles. The lowest BCUT2D eigenvalue weighted by molar-refractivity contribution is 0.0598. The molecule has 3 aliphatic carbocycles. The van der Waals surface area contributed by atoms with Crippen molar-refractivity contribution in [3.8, 4) is 5.75 Å². The Hall–Kier alpha value is -1.63. The molecule has 4 rings (SSSR count). The largest absolute Gasteiger partial charge is 0.415 e. The number of nitrogens with two attached hydrogens (primary N) is 2. The van der Waals surface area contributed by atoms with Gasteiger partial charge in [0.25, 0.3) is 0 Å². The molecule has 1 aromatic rings. The Bertz CT molecular complexity index is 831. The number of rotatable bonds is 12. The predicted octanol–water partition coefficient (Wildman–Crippen LogP) is 4.80. The first-order chi connectivity index (χ1) is 17.1. The van der Waals surface area contributed by atoms with E-state index in [1.54, 1.807) is 0 Å². The topological polar surface area (TPSA) is 93.6 Å². The quantitative estimate of drug-likeness (QED) is 0.371. The van der Waals surface area contributed by atoms with Gasteiger partial charge in [0.15, 0.2) is 0 Å².